The molecule has 1 saturated heterocycles. The maximum atomic E-state index is 15.2. The normalized spacial score (nSPS) is 17.7. The van der Waals surface area contributed by atoms with Gasteiger partial charge in [-0.25, -0.2) is 9.37 Å². The van der Waals surface area contributed by atoms with Gasteiger partial charge in [-0.1, -0.05) is 19.6 Å². The van der Waals surface area contributed by atoms with Crippen LogP contribution >= 0.6 is 11.6 Å². The largest absolute Gasteiger partial charge is 0.487 e. The number of hydrogen-bond donors (Lipinski definition) is 1. The molecule has 50 heavy (non-hydrogen) atoms. The number of nitro benzene ring substituents is 1. The van der Waals surface area contributed by atoms with E-state index in [1.54, 1.807) is 14.0 Å². The molecule has 2 aliphatic rings. The summed E-state index contributed by atoms with van der Waals surface area (Å²) in [5.41, 5.74) is -1.67. The fraction of sp³-hybridized carbons (Fsp3) is 0.594. The Labute approximate surface area is 292 Å². The number of alkyl halides is 3. The Morgan fingerprint density at radius 1 is 1.22 bits per heavy atom. The first-order chi connectivity index (χ1) is 23.4. The third-order valence-corrected chi connectivity index (χ3v) is 11.1. The van der Waals surface area contributed by atoms with Gasteiger partial charge in [0.25, 0.3) is 0 Å². The van der Waals surface area contributed by atoms with Gasteiger partial charge in [-0.05, 0) is 43.5 Å². The number of nitro groups is 1. The molecule has 1 N–H and O–H groups in total. The molecule has 0 bridgehead atoms. The van der Waals surface area contributed by atoms with Crippen molar-refractivity contribution in [1.29, 1.82) is 0 Å². The van der Waals surface area contributed by atoms with Gasteiger partial charge in [-0.15, -0.1) is 0 Å². The van der Waals surface area contributed by atoms with Crippen LogP contribution in [0.25, 0.3) is 11.0 Å². The van der Waals surface area contributed by atoms with Gasteiger partial charge in [-0.3, -0.25) is 15.0 Å². The van der Waals surface area contributed by atoms with Crippen molar-refractivity contribution in [1.82, 2.24) is 19.4 Å². The third-order valence-electron chi connectivity index (χ3n) is 9.26. The number of halogens is 5. The van der Waals surface area contributed by atoms with Gasteiger partial charge < -0.3 is 28.9 Å². The molecule has 3 aromatic rings. The van der Waals surface area contributed by atoms with Crippen LogP contribution < -0.4 is 10.1 Å². The van der Waals surface area contributed by atoms with E-state index in [4.69, 9.17) is 25.8 Å². The number of carbonyl (C=O) groups is 1. The molecule has 0 amide bonds. The van der Waals surface area contributed by atoms with E-state index in [0.29, 0.717) is 26.0 Å². The van der Waals surface area contributed by atoms with Crippen molar-refractivity contribution in [3.8, 4) is 5.75 Å². The first-order valence-corrected chi connectivity index (χ1v) is 20.3. The molecule has 12 nitrogen and oxygen atoms in total. The highest BCUT2D eigenvalue weighted by Gasteiger charge is 2.54. The number of benzene rings is 1. The highest BCUT2D eigenvalue weighted by atomic mass is 35.5. The molecule has 274 valence electrons. The first-order valence-electron chi connectivity index (χ1n) is 16.2. The second-order valence-electron chi connectivity index (χ2n) is 14.4. The summed E-state index contributed by atoms with van der Waals surface area (Å²) >= 11 is 6.15. The van der Waals surface area contributed by atoms with Crippen LogP contribution in [0, 0.1) is 21.3 Å². The van der Waals surface area contributed by atoms with Crippen molar-refractivity contribution in [3.63, 3.8) is 0 Å². The van der Waals surface area contributed by atoms with Crippen molar-refractivity contribution in [2.75, 3.05) is 38.7 Å². The number of nitrogens with one attached hydrogen (secondary N) is 1. The fourth-order valence-corrected chi connectivity index (χ4v) is 7.43. The van der Waals surface area contributed by atoms with Crippen LogP contribution in [-0.2, 0) is 27.2 Å². The summed E-state index contributed by atoms with van der Waals surface area (Å²) in [6.45, 7) is 9.37. The van der Waals surface area contributed by atoms with Gasteiger partial charge in [-0.2, -0.15) is 18.2 Å². The number of anilines is 1. The number of fused-ring (bicyclic) bond motifs is 1. The first kappa shape index (κ1) is 37.9. The summed E-state index contributed by atoms with van der Waals surface area (Å²) in [6, 6.07) is 1.21. The van der Waals surface area contributed by atoms with Crippen molar-refractivity contribution >= 4 is 48.5 Å². The van der Waals surface area contributed by atoms with E-state index in [-0.39, 0.29) is 64.7 Å². The topological polar surface area (TPSA) is 134 Å². The van der Waals surface area contributed by atoms with E-state index >= 15 is 4.39 Å². The minimum atomic E-state index is -4.73. The summed E-state index contributed by atoms with van der Waals surface area (Å²) in [7, 11) is 0.219. The standard InChI is InChI=1S/C32H41ClF4N6O6Si/c1-19(38-28-27-22(32(35,36)37)14-41(29(27)40-30(33)39-28)18-48-8-9-50(3,4)5)6-7-49-26-10-21(23(34)11-24(26)43(45)46)25(15-44)42-16-31(17-42)12-20(13-31)47-2/h10-11,14-15,19-20,25H,6-9,12-13,16-18H2,1-5H3,(H,38,39,40). The van der Waals surface area contributed by atoms with Gasteiger partial charge in [0.1, 0.15) is 30.3 Å². The Hall–Kier alpha value is -3.38. The van der Waals surface area contributed by atoms with Crippen LogP contribution in [0.3, 0.4) is 0 Å². The molecule has 1 saturated carbocycles. The van der Waals surface area contributed by atoms with Crippen LogP contribution in [0.5, 0.6) is 5.75 Å². The van der Waals surface area contributed by atoms with Gasteiger partial charge in [0, 0.05) is 64.5 Å². The maximum absolute atomic E-state index is 15.2. The predicted molar refractivity (Wildman–Crippen MR) is 181 cm³/mol. The molecule has 2 fully saturated rings. The van der Waals surface area contributed by atoms with Gasteiger partial charge in [0.2, 0.25) is 5.28 Å². The number of ether oxygens (including phenoxy) is 3. The molecule has 0 radical (unpaired) electrons. The van der Waals surface area contributed by atoms with Crippen molar-refractivity contribution in [3.05, 3.63) is 50.7 Å². The van der Waals surface area contributed by atoms with Gasteiger partial charge in [0.15, 0.2) is 5.75 Å². The molecule has 1 aliphatic heterocycles. The van der Waals surface area contributed by atoms with Crippen LogP contribution in [-0.4, -0.2) is 84.3 Å². The second-order valence-corrected chi connectivity index (χ2v) is 20.4. The fourth-order valence-electron chi connectivity index (χ4n) is 6.51. The third kappa shape index (κ3) is 8.38. The molecular formula is C32H41ClF4N6O6Si. The molecule has 5 rings (SSSR count). The summed E-state index contributed by atoms with van der Waals surface area (Å²) in [4.78, 5) is 33.1. The lowest BCUT2D eigenvalue weighted by atomic mass is 9.61. The molecule has 18 heteroatoms. The van der Waals surface area contributed by atoms with Gasteiger partial charge >= 0.3 is 11.9 Å². The van der Waals surface area contributed by atoms with E-state index in [0.717, 1.165) is 31.1 Å². The average molecular weight is 745 g/mol. The second kappa shape index (κ2) is 14.7. The summed E-state index contributed by atoms with van der Waals surface area (Å²) in [5, 5.41) is 14.2. The van der Waals surface area contributed by atoms with E-state index in [1.807, 2.05) is 4.90 Å². The predicted octanol–water partition coefficient (Wildman–Crippen LogP) is 7.08. The van der Waals surface area contributed by atoms with Crippen LogP contribution in [0.4, 0.5) is 29.1 Å². The lowest BCUT2D eigenvalue weighted by Gasteiger charge is -2.60. The number of carbonyl (C=O) groups excluding carboxylic acids is 1. The van der Waals surface area contributed by atoms with E-state index in [1.165, 1.54) is 10.6 Å². The highest BCUT2D eigenvalue weighted by molar-refractivity contribution is 6.76. The zero-order valence-electron chi connectivity index (χ0n) is 28.5. The quantitative estimate of drug-likeness (QED) is 0.0308. The summed E-state index contributed by atoms with van der Waals surface area (Å²) in [6.07, 6.45) is -1.22. The Balaban J connectivity index is 1.29. The monoisotopic (exact) mass is 744 g/mol. The molecule has 2 atom stereocenters. The molecule has 1 aromatic carbocycles. The molecular weight excluding hydrogens is 704 g/mol. The Morgan fingerprint density at radius 2 is 1.92 bits per heavy atom. The van der Waals surface area contributed by atoms with Crippen molar-refractivity contribution in [2.45, 2.75) is 83.0 Å². The SMILES string of the molecule is COC1CC2(C1)CN(C(C=O)c1cc(OCCC(C)Nc3nc(Cl)nc4c3c(C(F)(F)F)cn4COCC[Si](C)(C)C)c([N+](=O)[O-])cc1F)C2. The van der Waals surface area contributed by atoms with Crippen molar-refractivity contribution in [2.24, 2.45) is 5.41 Å². The smallest absolute Gasteiger partial charge is 0.418 e. The van der Waals surface area contributed by atoms with E-state index in [2.05, 4.69) is 34.9 Å². The van der Waals surface area contributed by atoms with E-state index < -0.39 is 48.3 Å². The molecule has 1 aliphatic carbocycles. The van der Waals surface area contributed by atoms with Crippen LogP contribution in [0.1, 0.15) is 43.4 Å². The van der Waals surface area contributed by atoms with Gasteiger partial charge in [0.05, 0.1) is 40.7 Å². The molecule has 1 spiro atoms. The zero-order chi connectivity index (χ0) is 36.6. The maximum Gasteiger partial charge on any atom is 0.418 e. The number of aldehydes is 1. The molecule has 2 unspecified atom stereocenters. The average Bonchev–Trinajstić information content (AvgIpc) is 3.35. The van der Waals surface area contributed by atoms with E-state index in [9.17, 15) is 28.1 Å². The lowest BCUT2D eigenvalue weighted by molar-refractivity contribution is -0.386. The minimum absolute atomic E-state index is 0.0196. The minimum Gasteiger partial charge on any atom is -0.487 e. The van der Waals surface area contributed by atoms with Crippen LogP contribution in [0.15, 0.2) is 18.3 Å². The Bertz CT molecular complexity index is 1720. The number of nitrogens with zero attached hydrogens (tertiary/aromatic N) is 5. The Morgan fingerprint density at radius 3 is 2.52 bits per heavy atom. The number of hydrogen-bond acceptors (Lipinski definition) is 10. The summed E-state index contributed by atoms with van der Waals surface area (Å²) < 4.78 is 75.8. The lowest BCUT2D eigenvalue weighted by Crippen LogP contribution is -2.64. The Kier molecular flexibility index (Phi) is 11.1. The highest BCUT2D eigenvalue weighted by Crippen LogP contribution is 2.52. The number of likely N-dealkylation sites (tertiary alicyclic amines) is 1. The molecule has 2 aromatic heterocycles. The number of rotatable bonds is 16. The summed E-state index contributed by atoms with van der Waals surface area (Å²) in [5.74, 6) is -1.29. The zero-order valence-corrected chi connectivity index (χ0v) is 30.2. The molecule has 3 heterocycles. The number of aromatic nitrogens is 3. The van der Waals surface area contributed by atoms with Crippen LogP contribution in [0.2, 0.25) is 31.0 Å². The van der Waals surface area contributed by atoms with Crippen molar-refractivity contribution < 1.29 is 41.5 Å². The number of methoxy groups -OCH3 is 1.